The van der Waals surface area contributed by atoms with Crippen LogP contribution in [0.4, 0.5) is 36.4 Å². The van der Waals surface area contributed by atoms with Crippen molar-refractivity contribution in [3.05, 3.63) is 78.0 Å². The fourth-order valence-corrected chi connectivity index (χ4v) is 4.27. The number of aromatic nitrogens is 1. The van der Waals surface area contributed by atoms with Crippen molar-refractivity contribution in [2.24, 2.45) is 5.10 Å². The number of rotatable bonds is 5. The van der Waals surface area contributed by atoms with Crippen molar-refractivity contribution in [1.29, 1.82) is 0 Å². The molecule has 4 rings (SSSR count). The molecule has 1 unspecified atom stereocenters. The molecule has 0 fully saturated rings. The molecule has 0 saturated carbocycles. The van der Waals surface area contributed by atoms with Gasteiger partial charge in [-0.05, 0) is 41.5 Å². The van der Waals surface area contributed by atoms with Gasteiger partial charge >= 0.3 is 12.1 Å². The van der Waals surface area contributed by atoms with Crippen LogP contribution in [-0.2, 0) is 9.84 Å². The number of sulfone groups is 1. The van der Waals surface area contributed by atoms with E-state index in [0.717, 1.165) is 18.4 Å². The second-order valence-corrected chi connectivity index (χ2v) is 10.0. The number of benzene rings is 2. The van der Waals surface area contributed by atoms with Crippen molar-refractivity contribution in [2.75, 3.05) is 11.3 Å². The molecule has 0 saturated heterocycles. The predicted octanol–water partition coefficient (Wildman–Crippen LogP) is 5.94. The summed E-state index contributed by atoms with van der Waals surface area (Å²) in [6.07, 6.45) is -4.57. The summed E-state index contributed by atoms with van der Waals surface area (Å²) in [7, 11) is -3.56. The van der Waals surface area contributed by atoms with Crippen molar-refractivity contribution < 1.29 is 39.2 Å². The van der Waals surface area contributed by atoms with E-state index >= 15 is 0 Å². The number of hydrogen-bond donors (Lipinski definition) is 0. The van der Waals surface area contributed by atoms with Crippen LogP contribution in [-0.4, -0.2) is 37.5 Å². The zero-order chi connectivity index (χ0) is 26.5. The van der Waals surface area contributed by atoms with Crippen molar-refractivity contribution in [3.63, 3.8) is 0 Å². The van der Waals surface area contributed by atoms with E-state index in [2.05, 4.69) is 10.1 Å². The summed E-state index contributed by atoms with van der Waals surface area (Å²) in [6.45, 7) is 0. The van der Waals surface area contributed by atoms with E-state index in [9.17, 15) is 39.2 Å². The molecule has 1 atom stereocenters. The fraction of sp³-hybridized carbons (Fsp3) is 0.217. The lowest BCUT2D eigenvalue weighted by molar-refractivity contribution is -0.249. The first-order valence-electron chi connectivity index (χ1n) is 10.2. The zero-order valence-electron chi connectivity index (χ0n) is 18.3. The second-order valence-electron chi connectivity index (χ2n) is 8.06. The summed E-state index contributed by atoms with van der Waals surface area (Å²) in [5.74, 6) is -7.44. The van der Waals surface area contributed by atoms with Crippen LogP contribution in [0.25, 0.3) is 11.1 Å². The Morgan fingerprint density at radius 2 is 1.67 bits per heavy atom. The first-order chi connectivity index (χ1) is 16.7. The van der Waals surface area contributed by atoms with Gasteiger partial charge in [-0.1, -0.05) is 18.2 Å². The molecular formula is C23H16F7N3O2S. The molecule has 0 aliphatic carbocycles. The third-order valence-corrected chi connectivity index (χ3v) is 6.51. The van der Waals surface area contributed by atoms with Crippen LogP contribution in [0.2, 0.25) is 0 Å². The first-order valence-corrected chi connectivity index (χ1v) is 12.1. The van der Waals surface area contributed by atoms with E-state index in [-0.39, 0.29) is 10.6 Å². The van der Waals surface area contributed by atoms with Crippen molar-refractivity contribution in [1.82, 2.24) is 4.98 Å². The Balaban J connectivity index is 1.77. The minimum absolute atomic E-state index is 0.177. The number of alkyl halides is 5. The van der Waals surface area contributed by atoms with Gasteiger partial charge in [-0.2, -0.15) is 27.1 Å². The van der Waals surface area contributed by atoms with Gasteiger partial charge in [0.15, 0.2) is 20.7 Å². The number of anilines is 1. The highest BCUT2D eigenvalue weighted by atomic mass is 32.2. The van der Waals surface area contributed by atoms with Gasteiger partial charge in [-0.3, -0.25) is 5.01 Å². The molecule has 3 aromatic rings. The third-order valence-electron chi connectivity index (χ3n) is 5.51. The maximum Gasteiger partial charge on any atom is 0.459 e. The molecule has 1 aromatic heterocycles. The number of pyridine rings is 1. The van der Waals surface area contributed by atoms with Crippen LogP contribution in [0, 0.1) is 11.6 Å². The molecule has 13 heteroatoms. The molecule has 2 heterocycles. The molecular weight excluding hydrogens is 515 g/mol. The summed E-state index contributed by atoms with van der Waals surface area (Å²) in [5, 5.41) is 3.92. The molecule has 0 N–H and O–H groups in total. The maximum absolute atomic E-state index is 14.5. The molecule has 0 spiro atoms. The summed E-state index contributed by atoms with van der Waals surface area (Å²) in [6, 6.07) is 9.60. The van der Waals surface area contributed by atoms with Gasteiger partial charge < -0.3 is 0 Å². The van der Waals surface area contributed by atoms with Crippen LogP contribution in [0.5, 0.6) is 0 Å². The largest absolute Gasteiger partial charge is 0.459 e. The van der Waals surface area contributed by atoms with E-state index in [1.54, 1.807) is 6.07 Å². The highest BCUT2D eigenvalue weighted by molar-refractivity contribution is 7.90. The first kappa shape index (κ1) is 25.6. The molecule has 190 valence electrons. The average molecular weight is 531 g/mol. The Hall–Kier alpha value is -3.48. The minimum atomic E-state index is -5.93. The lowest BCUT2D eigenvalue weighted by atomic mass is 9.95. The SMILES string of the molecule is CS(=O)(=O)c1ccc(-c2cccc(C3CC(C(F)(F)C(F)(F)F)=NN3c3ccc(F)cc3F)c2)cn1. The molecule has 36 heavy (non-hydrogen) atoms. The van der Waals surface area contributed by atoms with Crippen LogP contribution in [0.1, 0.15) is 18.0 Å². The Labute approximate surface area is 200 Å². The zero-order valence-corrected chi connectivity index (χ0v) is 19.1. The van der Waals surface area contributed by atoms with E-state index in [4.69, 9.17) is 0 Å². The topological polar surface area (TPSA) is 62.6 Å². The van der Waals surface area contributed by atoms with Crippen LogP contribution < -0.4 is 5.01 Å². The summed E-state index contributed by atoms with van der Waals surface area (Å²) in [4.78, 5) is 3.88. The van der Waals surface area contributed by atoms with Gasteiger partial charge in [0, 0.05) is 30.5 Å². The van der Waals surface area contributed by atoms with E-state index < -0.39 is 57.4 Å². The lowest BCUT2D eigenvalue weighted by Crippen LogP contribution is -2.43. The van der Waals surface area contributed by atoms with Gasteiger partial charge in [-0.25, -0.2) is 22.2 Å². The molecule has 1 aliphatic heterocycles. The van der Waals surface area contributed by atoms with Gasteiger partial charge in [-0.15, -0.1) is 0 Å². The van der Waals surface area contributed by atoms with E-state index in [1.165, 1.54) is 36.5 Å². The highest BCUT2D eigenvalue weighted by Gasteiger charge is 2.63. The quantitative estimate of drug-likeness (QED) is 0.383. The molecule has 2 aromatic carbocycles. The Morgan fingerprint density at radius 1 is 0.944 bits per heavy atom. The van der Waals surface area contributed by atoms with Crippen molar-refractivity contribution in [3.8, 4) is 11.1 Å². The minimum Gasteiger partial charge on any atom is -0.255 e. The Morgan fingerprint density at radius 3 is 2.25 bits per heavy atom. The molecule has 1 aliphatic rings. The summed E-state index contributed by atoms with van der Waals surface area (Å²) >= 11 is 0. The van der Waals surface area contributed by atoms with Crippen molar-refractivity contribution in [2.45, 2.75) is 29.6 Å². The van der Waals surface area contributed by atoms with Gasteiger partial charge in [0.1, 0.15) is 11.5 Å². The number of halogens is 7. The molecule has 0 amide bonds. The normalized spacial score (nSPS) is 16.8. The van der Waals surface area contributed by atoms with Gasteiger partial charge in [0.05, 0.1) is 11.7 Å². The fourth-order valence-electron chi connectivity index (χ4n) is 3.71. The van der Waals surface area contributed by atoms with E-state index in [0.29, 0.717) is 22.2 Å². The monoisotopic (exact) mass is 531 g/mol. The van der Waals surface area contributed by atoms with Gasteiger partial charge in [0.2, 0.25) is 0 Å². The standard InChI is InChI=1S/C23H16F7N3O2S/c1-36(34,35)21-8-5-15(12-31-21)13-3-2-4-14(9-13)19-11-20(22(26,27)23(28,29)30)32-33(19)18-7-6-16(24)10-17(18)25/h2-10,12,19H,11H2,1H3. The van der Waals surface area contributed by atoms with E-state index in [1.807, 2.05) is 0 Å². The Kier molecular flexibility index (Phi) is 6.31. The number of hydrogen-bond acceptors (Lipinski definition) is 5. The van der Waals surface area contributed by atoms with Crippen LogP contribution >= 0.6 is 0 Å². The molecule has 5 nitrogen and oxygen atoms in total. The molecule has 0 bridgehead atoms. The summed E-state index contributed by atoms with van der Waals surface area (Å²) in [5.41, 5.74) is -0.925. The average Bonchev–Trinajstić information content (AvgIpc) is 3.24. The van der Waals surface area contributed by atoms with Crippen LogP contribution in [0.15, 0.2) is 70.9 Å². The lowest BCUT2D eigenvalue weighted by Gasteiger charge is -2.25. The number of nitrogens with zero attached hydrogens (tertiary/aromatic N) is 3. The molecule has 0 radical (unpaired) electrons. The Bertz CT molecular complexity index is 1440. The number of hydrazone groups is 1. The second kappa shape index (κ2) is 8.87. The smallest absolute Gasteiger partial charge is 0.255 e. The maximum atomic E-state index is 14.5. The van der Waals surface area contributed by atoms with Crippen molar-refractivity contribution >= 4 is 21.2 Å². The van der Waals surface area contributed by atoms with Crippen LogP contribution in [0.3, 0.4) is 0 Å². The predicted molar refractivity (Wildman–Crippen MR) is 117 cm³/mol. The van der Waals surface area contributed by atoms with Gasteiger partial charge in [0.25, 0.3) is 0 Å². The third kappa shape index (κ3) is 4.79. The summed E-state index contributed by atoms with van der Waals surface area (Å²) < 4.78 is 119. The highest BCUT2D eigenvalue weighted by Crippen LogP contribution is 2.45.